The highest BCUT2D eigenvalue weighted by molar-refractivity contribution is 7.80. The summed E-state index contributed by atoms with van der Waals surface area (Å²) in [5.74, 6) is -5.46. The molecule has 242 valence electrons. The number of carbonyl (C=O) groups is 5. The van der Waals surface area contributed by atoms with Crippen LogP contribution in [0.5, 0.6) is 0 Å². The van der Waals surface area contributed by atoms with E-state index in [4.69, 9.17) is 15.9 Å². The monoisotopic (exact) mass is 625 g/mol. The second-order valence-corrected chi connectivity index (χ2v) is 10.3. The third-order valence-electron chi connectivity index (χ3n) is 6.24. The number of amides is 2. The summed E-state index contributed by atoms with van der Waals surface area (Å²) in [6.07, 6.45) is 17.7. The van der Waals surface area contributed by atoms with Gasteiger partial charge in [-0.15, -0.1) is 0 Å². The number of unbranched alkanes of at least 4 members (excludes halogenated alkanes) is 3. The summed E-state index contributed by atoms with van der Waals surface area (Å²) in [5, 5.41) is 40.7. The summed E-state index contributed by atoms with van der Waals surface area (Å²) < 4.78 is 0. The van der Waals surface area contributed by atoms with Crippen LogP contribution < -0.4 is 11.1 Å². The van der Waals surface area contributed by atoms with Gasteiger partial charge in [-0.3, -0.25) is 24.0 Å². The van der Waals surface area contributed by atoms with Gasteiger partial charge in [0.25, 0.3) is 0 Å². The average Bonchev–Trinajstić information content (AvgIpc) is 2.95. The van der Waals surface area contributed by atoms with Crippen molar-refractivity contribution in [3.05, 3.63) is 48.6 Å². The molecule has 0 bridgehead atoms. The van der Waals surface area contributed by atoms with E-state index in [0.29, 0.717) is 0 Å². The lowest BCUT2D eigenvalue weighted by atomic mass is 10.0. The molecule has 0 fully saturated rings. The van der Waals surface area contributed by atoms with Crippen molar-refractivity contribution in [1.29, 1.82) is 0 Å². The molecule has 4 atom stereocenters. The predicted octanol–water partition coefficient (Wildman–Crippen LogP) is 2.69. The van der Waals surface area contributed by atoms with Crippen LogP contribution in [0, 0.1) is 0 Å². The standard InChI is InChI=1S/C30H47N3O9S/c1-2-3-4-5-6-7-8-9-10-11-12-13-15-24(25(34)16-14-17-27(36)37)33(20-28(38)39)29(40)23(21-43)32-26(35)19-18-22(31)30(41)42/h6-7,9-13,15,22-25,34,43H,2-5,8,14,16-21,31H2,1H3,(H,32,35)(H,36,37)(H,38,39)(H,41,42)/b7-6?,10-9?,12-11-,15-13+/t22?,23?,24-,25-/m0/s1. The van der Waals surface area contributed by atoms with Crippen LogP contribution >= 0.6 is 12.6 Å². The number of hydrogen-bond donors (Lipinski definition) is 7. The van der Waals surface area contributed by atoms with Crippen LogP contribution in [0.15, 0.2) is 48.6 Å². The van der Waals surface area contributed by atoms with Gasteiger partial charge in [0.05, 0.1) is 12.1 Å². The van der Waals surface area contributed by atoms with E-state index < -0.39 is 60.5 Å². The van der Waals surface area contributed by atoms with Crippen molar-refractivity contribution in [2.24, 2.45) is 5.73 Å². The van der Waals surface area contributed by atoms with E-state index >= 15 is 0 Å². The van der Waals surface area contributed by atoms with Crippen LogP contribution in [0.25, 0.3) is 0 Å². The van der Waals surface area contributed by atoms with E-state index in [1.165, 1.54) is 18.9 Å². The molecule has 12 nitrogen and oxygen atoms in total. The maximum absolute atomic E-state index is 13.4. The number of rotatable bonds is 24. The quantitative estimate of drug-likeness (QED) is 0.0361. The van der Waals surface area contributed by atoms with Crippen LogP contribution in [0.4, 0.5) is 0 Å². The van der Waals surface area contributed by atoms with Gasteiger partial charge in [0.2, 0.25) is 11.8 Å². The first-order valence-electron chi connectivity index (χ1n) is 14.4. The summed E-state index contributed by atoms with van der Waals surface area (Å²) in [7, 11) is 0. The Morgan fingerprint density at radius 1 is 0.884 bits per heavy atom. The normalized spacial score (nSPS) is 14.7. The summed E-state index contributed by atoms with van der Waals surface area (Å²) in [4.78, 5) is 60.3. The number of nitrogens with one attached hydrogen (secondary N) is 1. The first kappa shape index (κ1) is 39.6. The van der Waals surface area contributed by atoms with Crippen LogP contribution in [-0.2, 0) is 24.0 Å². The predicted molar refractivity (Wildman–Crippen MR) is 167 cm³/mol. The molecule has 0 aliphatic carbocycles. The van der Waals surface area contributed by atoms with Crippen molar-refractivity contribution in [1.82, 2.24) is 10.2 Å². The highest BCUT2D eigenvalue weighted by atomic mass is 32.1. The Bertz CT molecular complexity index is 997. The zero-order chi connectivity index (χ0) is 32.6. The summed E-state index contributed by atoms with van der Waals surface area (Å²) >= 11 is 4.11. The van der Waals surface area contributed by atoms with Crippen molar-refractivity contribution in [2.75, 3.05) is 12.3 Å². The Balaban J connectivity index is 5.74. The number of carbonyl (C=O) groups excluding carboxylic acids is 2. The molecule has 0 aromatic heterocycles. The van der Waals surface area contributed by atoms with E-state index in [9.17, 15) is 34.2 Å². The molecule has 0 aliphatic heterocycles. The maximum Gasteiger partial charge on any atom is 0.323 e. The van der Waals surface area contributed by atoms with Crippen LogP contribution in [-0.4, -0.2) is 91.6 Å². The molecule has 0 heterocycles. The van der Waals surface area contributed by atoms with E-state index in [-0.39, 0.29) is 37.9 Å². The summed E-state index contributed by atoms with van der Waals surface area (Å²) in [6.45, 7) is 1.34. The number of allylic oxidation sites excluding steroid dienone is 7. The van der Waals surface area contributed by atoms with Crippen molar-refractivity contribution < 1.29 is 44.4 Å². The highest BCUT2D eigenvalue weighted by Crippen LogP contribution is 2.16. The van der Waals surface area contributed by atoms with Gasteiger partial charge in [-0.05, 0) is 38.5 Å². The molecule has 0 spiro atoms. The molecular formula is C30H47N3O9S. The number of aliphatic hydroxyl groups excluding tert-OH is 1. The molecule has 0 aromatic rings. The van der Waals surface area contributed by atoms with Gasteiger partial charge in [0.15, 0.2) is 0 Å². The average molecular weight is 626 g/mol. The maximum atomic E-state index is 13.4. The molecule has 13 heteroatoms. The lowest BCUT2D eigenvalue weighted by molar-refractivity contribution is -0.148. The number of aliphatic hydroxyl groups is 1. The fraction of sp³-hybridized carbons (Fsp3) is 0.567. The summed E-state index contributed by atoms with van der Waals surface area (Å²) in [6, 6.07) is -3.73. The lowest BCUT2D eigenvalue weighted by Gasteiger charge is -2.34. The molecule has 0 aromatic carbocycles. The molecular weight excluding hydrogens is 578 g/mol. The Kier molecular flexibility index (Phi) is 22.2. The minimum atomic E-state index is -1.37. The SMILES string of the molecule is CCCCCC=CCC=C/C=C\C=C\[C@@H]([C@@H](O)CCCC(=O)O)N(CC(=O)O)C(=O)C(CS)NC(=O)CCC(N)C(=O)O. The Hall–Kier alpha value is -3.42. The van der Waals surface area contributed by atoms with Crippen molar-refractivity contribution >= 4 is 42.4 Å². The molecule has 0 saturated heterocycles. The van der Waals surface area contributed by atoms with Gasteiger partial charge in [-0.25, -0.2) is 0 Å². The molecule has 0 rings (SSSR count). The number of nitrogens with zero attached hydrogens (tertiary/aromatic N) is 1. The van der Waals surface area contributed by atoms with E-state index in [1.807, 2.05) is 12.2 Å². The molecule has 7 N–H and O–H groups in total. The van der Waals surface area contributed by atoms with Crippen LogP contribution in [0.1, 0.15) is 71.1 Å². The number of thiol groups is 1. The Morgan fingerprint density at radius 3 is 2.19 bits per heavy atom. The molecule has 0 radical (unpaired) electrons. The smallest absolute Gasteiger partial charge is 0.323 e. The first-order chi connectivity index (χ1) is 20.4. The zero-order valence-electron chi connectivity index (χ0n) is 24.7. The molecule has 0 aliphatic rings. The minimum absolute atomic E-state index is 0.0378. The largest absolute Gasteiger partial charge is 0.481 e. The fourth-order valence-electron chi connectivity index (χ4n) is 3.88. The van der Waals surface area contributed by atoms with Gasteiger partial charge in [0, 0.05) is 18.6 Å². The van der Waals surface area contributed by atoms with Crippen LogP contribution in [0.3, 0.4) is 0 Å². The van der Waals surface area contributed by atoms with Crippen molar-refractivity contribution in [3.8, 4) is 0 Å². The third kappa shape index (κ3) is 19.4. The molecule has 2 amide bonds. The van der Waals surface area contributed by atoms with Gasteiger partial charge >= 0.3 is 17.9 Å². The minimum Gasteiger partial charge on any atom is -0.481 e. The number of hydrogen-bond acceptors (Lipinski definition) is 8. The van der Waals surface area contributed by atoms with Gasteiger partial charge in [-0.2, -0.15) is 12.6 Å². The second-order valence-electron chi connectivity index (χ2n) is 9.89. The van der Waals surface area contributed by atoms with Crippen molar-refractivity contribution in [3.63, 3.8) is 0 Å². The third-order valence-corrected chi connectivity index (χ3v) is 6.60. The van der Waals surface area contributed by atoms with Gasteiger partial charge < -0.3 is 36.4 Å². The number of carboxylic acids is 3. The fourth-order valence-corrected chi connectivity index (χ4v) is 4.13. The van der Waals surface area contributed by atoms with E-state index in [1.54, 1.807) is 18.2 Å². The lowest BCUT2D eigenvalue weighted by Crippen LogP contribution is -2.56. The van der Waals surface area contributed by atoms with E-state index in [0.717, 1.165) is 24.2 Å². The highest BCUT2D eigenvalue weighted by Gasteiger charge is 2.34. The molecule has 43 heavy (non-hydrogen) atoms. The first-order valence-corrected chi connectivity index (χ1v) is 15.0. The van der Waals surface area contributed by atoms with Crippen molar-refractivity contribution in [2.45, 2.75) is 95.4 Å². The van der Waals surface area contributed by atoms with E-state index in [2.05, 4.69) is 37.0 Å². The van der Waals surface area contributed by atoms with Crippen LogP contribution in [0.2, 0.25) is 0 Å². The summed E-state index contributed by atoms with van der Waals surface area (Å²) in [5.41, 5.74) is 5.42. The number of nitrogens with two attached hydrogens (primary N) is 1. The zero-order valence-corrected chi connectivity index (χ0v) is 25.6. The van der Waals surface area contributed by atoms with Gasteiger partial charge in [-0.1, -0.05) is 68.4 Å². The number of aliphatic carboxylic acids is 3. The Morgan fingerprint density at radius 2 is 1.58 bits per heavy atom. The second kappa shape index (κ2) is 24.1. The molecule has 0 saturated carbocycles. The Labute approximate surface area is 258 Å². The number of carboxylic acid groups (broad SMARTS) is 3. The molecule has 2 unspecified atom stereocenters. The topological polar surface area (TPSA) is 208 Å². The van der Waals surface area contributed by atoms with Gasteiger partial charge in [0.1, 0.15) is 18.6 Å².